The van der Waals surface area contributed by atoms with Crippen molar-refractivity contribution in [3.05, 3.63) is 23.8 Å². The van der Waals surface area contributed by atoms with Crippen LogP contribution in [0.25, 0.3) is 0 Å². The Morgan fingerprint density at radius 1 is 1.22 bits per heavy atom. The number of hydrogen-bond acceptors (Lipinski definition) is 4. The molecule has 0 spiro atoms. The number of sulfone groups is 1. The van der Waals surface area contributed by atoms with E-state index in [-0.39, 0.29) is 0 Å². The van der Waals surface area contributed by atoms with Crippen molar-refractivity contribution in [3.8, 4) is 0 Å². The summed E-state index contributed by atoms with van der Waals surface area (Å²) in [6.45, 7) is 10.9. The molecule has 0 aliphatic rings. The molecule has 6 heteroatoms. The summed E-state index contributed by atoms with van der Waals surface area (Å²) in [7, 11) is -3.45. The zero-order valence-electron chi connectivity index (χ0n) is 14.7. The molecular weight excluding hydrogens is 330 g/mol. The molecule has 0 aromatic heterocycles. The number of nitrogens with one attached hydrogen (secondary N) is 1. The van der Waals surface area contributed by atoms with Crippen molar-refractivity contribution in [3.63, 3.8) is 0 Å². The Morgan fingerprint density at radius 3 is 2.30 bits per heavy atom. The van der Waals surface area contributed by atoms with Gasteiger partial charge in [-0.3, -0.25) is 4.79 Å². The molecule has 0 bridgehead atoms. The van der Waals surface area contributed by atoms with E-state index in [4.69, 9.17) is 0 Å². The van der Waals surface area contributed by atoms with E-state index in [1.165, 1.54) is 6.92 Å². The number of hydrogen-bond donors (Lipinski definition) is 1. The zero-order chi connectivity index (χ0) is 17.8. The number of anilines is 1. The zero-order valence-corrected chi connectivity index (χ0v) is 16.3. The molecule has 0 aliphatic heterocycles. The fourth-order valence-corrected chi connectivity index (χ4v) is 4.15. The molecule has 23 heavy (non-hydrogen) atoms. The molecule has 0 fully saturated rings. The average molecular weight is 358 g/mol. The van der Waals surface area contributed by atoms with Crippen LogP contribution in [0.4, 0.5) is 5.69 Å². The minimum atomic E-state index is -3.45. The molecule has 4 nitrogen and oxygen atoms in total. The fourth-order valence-electron chi connectivity index (χ4n) is 1.96. The van der Waals surface area contributed by atoms with Crippen molar-refractivity contribution in [1.82, 2.24) is 0 Å². The van der Waals surface area contributed by atoms with Crippen LogP contribution >= 0.6 is 11.8 Å². The van der Waals surface area contributed by atoms with Crippen LogP contribution in [0, 0.1) is 6.92 Å². The van der Waals surface area contributed by atoms with Gasteiger partial charge in [-0.25, -0.2) is 8.42 Å². The smallest absolute Gasteiger partial charge is 0.242 e. The van der Waals surface area contributed by atoms with Crippen molar-refractivity contribution in [1.29, 1.82) is 0 Å². The lowest BCUT2D eigenvalue weighted by Gasteiger charge is -2.17. The van der Waals surface area contributed by atoms with E-state index in [0.29, 0.717) is 10.9 Å². The van der Waals surface area contributed by atoms with E-state index in [2.05, 4.69) is 19.2 Å². The summed E-state index contributed by atoms with van der Waals surface area (Å²) in [6.07, 6.45) is 1.09. The molecule has 1 amide bonds. The Bertz CT molecular complexity index is 654. The van der Waals surface area contributed by atoms with Gasteiger partial charge < -0.3 is 5.32 Å². The van der Waals surface area contributed by atoms with Gasteiger partial charge in [0.25, 0.3) is 0 Å². The minimum absolute atomic E-state index is 0.482. The number of rotatable bonds is 7. The molecule has 0 aliphatic carbocycles. The van der Waals surface area contributed by atoms with Crippen LogP contribution in [0.2, 0.25) is 0 Å². The highest BCUT2D eigenvalue weighted by molar-refractivity contribution is 8.00. The summed E-state index contributed by atoms with van der Waals surface area (Å²) in [5, 5.41) is 1.64. The molecule has 1 rings (SSSR count). The maximum Gasteiger partial charge on any atom is 0.242 e. The third kappa shape index (κ3) is 5.24. The Labute approximate surface area is 144 Å². The van der Waals surface area contributed by atoms with Crippen LogP contribution in [0.5, 0.6) is 0 Å². The van der Waals surface area contributed by atoms with Gasteiger partial charge in [-0.05, 0) is 57.9 Å². The van der Waals surface area contributed by atoms with Gasteiger partial charge in [0, 0.05) is 15.8 Å². The van der Waals surface area contributed by atoms with E-state index in [1.807, 2.05) is 25.1 Å². The molecule has 1 aromatic rings. The molecule has 0 saturated carbocycles. The molecule has 1 N–H and O–H groups in total. The highest BCUT2D eigenvalue weighted by Gasteiger charge is 2.30. The van der Waals surface area contributed by atoms with Gasteiger partial charge in [0.2, 0.25) is 5.91 Å². The second-order valence-corrected chi connectivity index (χ2v) is 10.4. The largest absolute Gasteiger partial charge is 0.325 e. The maximum atomic E-state index is 12.2. The quantitative estimate of drug-likeness (QED) is 0.748. The topological polar surface area (TPSA) is 63.2 Å². The van der Waals surface area contributed by atoms with Gasteiger partial charge in [-0.2, -0.15) is 0 Å². The van der Waals surface area contributed by atoms with Crippen molar-refractivity contribution >= 4 is 33.2 Å². The Morgan fingerprint density at radius 2 is 1.83 bits per heavy atom. The second-order valence-electron chi connectivity index (χ2n) is 6.08. The number of aryl methyl sites for hydroxylation is 1. The highest BCUT2D eigenvalue weighted by atomic mass is 32.2. The average Bonchev–Trinajstić information content (AvgIpc) is 2.48. The van der Waals surface area contributed by atoms with Gasteiger partial charge in [0.05, 0.1) is 5.25 Å². The van der Waals surface area contributed by atoms with Gasteiger partial charge >= 0.3 is 0 Å². The van der Waals surface area contributed by atoms with Gasteiger partial charge in [-0.1, -0.05) is 13.8 Å². The first-order valence-corrected chi connectivity index (χ1v) is 10.4. The predicted octanol–water partition coefficient (Wildman–Crippen LogP) is 4.04. The molecule has 0 heterocycles. The van der Waals surface area contributed by atoms with Gasteiger partial charge in [0.1, 0.15) is 5.25 Å². The first kappa shape index (κ1) is 20.0. The highest BCUT2D eigenvalue weighted by Crippen LogP contribution is 2.28. The molecular formula is C17H27NO3S2. The van der Waals surface area contributed by atoms with E-state index in [0.717, 1.165) is 16.9 Å². The fraction of sp³-hybridized carbons (Fsp3) is 0.588. The summed E-state index contributed by atoms with van der Waals surface area (Å²) in [6, 6.07) is 5.82. The van der Waals surface area contributed by atoms with E-state index < -0.39 is 26.2 Å². The van der Waals surface area contributed by atoms with Gasteiger partial charge in [0.15, 0.2) is 9.84 Å². The number of amides is 1. The minimum Gasteiger partial charge on any atom is -0.325 e. The van der Waals surface area contributed by atoms with Crippen molar-refractivity contribution < 1.29 is 13.2 Å². The molecule has 130 valence electrons. The Kier molecular flexibility index (Phi) is 7.14. The third-order valence-electron chi connectivity index (χ3n) is 3.89. The molecule has 1 aromatic carbocycles. The lowest BCUT2D eigenvalue weighted by Crippen LogP contribution is -2.36. The van der Waals surface area contributed by atoms with E-state index in [1.54, 1.807) is 25.6 Å². The monoisotopic (exact) mass is 357 g/mol. The van der Waals surface area contributed by atoms with Crippen LogP contribution in [0.1, 0.15) is 46.6 Å². The molecule has 0 radical (unpaired) electrons. The summed E-state index contributed by atoms with van der Waals surface area (Å²) in [4.78, 5) is 13.4. The van der Waals surface area contributed by atoms with Crippen LogP contribution < -0.4 is 5.32 Å². The molecule has 0 unspecified atom stereocenters. The third-order valence-corrected chi connectivity index (χ3v) is 7.66. The lowest BCUT2D eigenvalue weighted by atomic mass is 10.2. The maximum absolute atomic E-state index is 12.2. The molecule has 0 saturated heterocycles. The van der Waals surface area contributed by atoms with Crippen LogP contribution in [-0.4, -0.2) is 30.1 Å². The molecule has 2 atom stereocenters. The number of carbonyl (C=O) groups excluding carboxylic acids is 1. The second kappa shape index (κ2) is 8.20. The lowest BCUT2D eigenvalue weighted by molar-refractivity contribution is -0.115. The van der Waals surface area contributed by atoms with E-state index >= 15 is 0 Å². The van der Waals surface area contributed by atoms with Crippen molar-refractivity contribution in [2.45, 2.75) is 68.6 Å². The Hall–Kier alpha value is -1.01. The number of carbonyl (C=O) groups is 1. The van der Waals surface area contributed by atoms with Crippen LogP contribution in [-0.2, 0) is 14.6 Å². The van der Waals surface area contributed by atoms with Crippen LogP contribution in [0.15, 0.2) is 23.1 Å². The SMILES string of the molecule is CC[C@H](C)Sc1ccc(NC(=O)[C@@H](C)S(=O)(=O)C(C)C)c(C)c1. The summed E-state index contributed by atoms with van der Waals surface area (Å²) >= 11 is 1.79. The summed E-state index contributed by atoms with van der Waals surface area (Å²) < 4.78 is 24.2. The first-order valence-electron chi connectivity index (χ1n) is 7.90. The number of benzene rings is 1. The summed E-state index contributed by atoms with van der Waals surface area (Å²) in [5.41, 5.74) is 1.59. The van der Waals surface area contributed by atoms with Crippen molar-refractivity contribution in [2.75, 3.05) is 5.32 Å². The number of thioether (sulfide) groups is 1. The first-order chi connectivity index (χ1) is 10.6. The predicted molar refractivity (Wildman–Crippen MR) is 98.9 cm³/mol. The van der Waals surface area contributed by atoms with Crippen molar-refractivity contribution in [2.24, 2.45) is 0 Å². The summed E-state index contributed by atoms with van der Waals surface area (Å²) in [5.74, 6) is -0.482. The Balaban J connectivity index is 2.87. The van der Waals surface area contributed by atoms with E-state index in [9.17, 15) is 13.2 Å². The van der Waals surface area contributed by atoms with Crippen LogP contribution in [0.3, 0.4) is 0 Å². The van der Waals surface area contributed by atoms with Gasteiger partial charge in [-0.15, -0.1) is 11.8 Å². The normalized spacial score (nSPS) is 14.6. The standard InChI is InChI=1S/C17H27NO3S2/c1-7-13(5)22-15-8-9-16(12(4)10-15)18-17(19)14(6)23(20,21)11(2)3/h8-11,13-14H,7H2,1-6H3,(H,18,19)/t13-,14+/m0/s1.